The van der Waals surface area contributed by atoms with Gasteiger partial charge < -0.3 is 51.7 Å². The molecule has 186 valence electrons. The van der Waals surface area contributed by atoms with Crippen molar-refractivity contribution >= 4 is 91.2 Å². The van der Waals surface area contributed by atoms with Gasteiger partial charge in [-0.05, 0) is 74.7 Å². The molecule has 0 saturated carbocycles. The van der Waals surface area contributed by atoms with Crippen molar-refractivity contribution in [2.75, 3.05) is 18.5 Å². The standard InChI is InChI=1S/C17H22I3N3O10/c1-4(26)13(27)23-12-10(19)7(14(28)21-5(2-24)16(30)31)9(18)8(11(12)20)15(29)22-6(3-25)17(32)33/h4-6,16-17,24-26,30-33H,2-3H2,1H3,(H,21,28)(H,22,29)(H,23,27). The first-order valence-electron chi connectivity index (χ1n) is 9.03. The van der Waals surface area contributed by atoms with E-state index in [0.29, 0.717) is 0 Å². The molecule has 1 aromatic carbocycles. The number of carbonyl (C=O) groups excluding carboxylic acids is 3. The summed E-state index contributed by atoms with van der Waals surface area (Å²) in [5, 5.41) is 72.1. The van der Waals surface area contributed by atoms with E-state index < -0.39 is 61.7 Å². The number of amides is 3. The van der Waals surface area contributed by atoms with Gasteiger partial charge in [-0.2, -0.15) is 0 Å². The van der Waals surface area contributed by atoms with Crippen molar-refractivity contribution in [3.05, 3.63) is 21.8 Å². The minimum atomic E-state index is -2.09. The zero-order valence-electron chi connectivity index (χ0n) is 16.8. The number of rotatable bonds is 10. The van der Waals surface area contributed by atoms with E-state index in [4.69, 9.17) is 0 Å². The number of aliphatic hydroxyl groups excluding tert-OH is 5. The van der Waals surface area contributed by atoms with Crippen LogP contribution in [0.4, 0.5) is 5.69 Å². The van der Waals surface area contributed by atoms with Crippen molar-refractivity contribution in [1.82, 2.24) is 10.6 Å². The van der Waals surface area contributed by atoms with Crippen LogP contribution >= 0.6 is 67.8 Å². The van der Waals surface area contributed by atoms with Gasteiger partial charge in [0.05, 0.1) is 37.2 Å². The molecule has 33 heavy (non-hydrogen) atoms. The zero-order valence-corrected chi connectivity index (χ0v) is 23.3. The summed E-state index contributed by atoms with van der Waals surface area (Å²) in [6.45, 7) is -0.426. The summed E-state index contributed by atoms with van der Waals surface area (Å²) >= 11 is 5.11. The van der Waals surface area contributed by atoms with Gasteiger partial charge >= 0.3 is 0 Å². The van der Waals surface area contributed by atoms with Gasteiger partial charge in [0.25, 0.3) is 17.7 Å². The summed E-state index contributed by atoms with van der Waals surface area (Å²) < 4.78 is 0.309. The largest absolute Gasteiger partial charge is 0.394 e. The first-order chi connectivity index (χ1) is 15.3. The molecule has 0 fully saturated rings. The molecule has 0 saturated heterocycles. The molecule has 1 aromatic rings. The molecule has 3 unspecified atom stereocenters. The molecule has 3 amide bonds. The maximum atomic E-state index is 12.9. The second-order valence-corrected chi connectivity index (χ2v) is 9.82. The Morgan fingerprint density at radius 1 is 0.758 bits per heavy atom. The highest BCUT2D eigenvalue weighted by atomic mass is 127. The second-order valence-electron chi connectivity index (χ2n) is 6.58. The summed E-state index contributed by atoms with van der Waals surface area (Å²) in [5.41, 5.74) is -0.369. The van der Waals surface area contributed by atoms with E-state index in [1.54, 1.807) is 67.8 Å². The van der Waals surface area contributed by atoms with Crippen molar-refractivity contribution < 1.29 is 50.1 Å². The Balaban J connectivity index is 3.70. The van der Waals surface area contributed by atoms with E-state index in [0.717, 1.165) is 0 Å². The Bertz CT molecular complexity index is 841. The molecule has 0 aromatic heterocycles. The third kappa shape index (κ3) is 7.76. The Morgan fingerprint density at radius 2 is 1.12 bits per heavy atom. The van der Waals surface area contributed by atoms with Gasteiger partial charge in [-0.15, -0.1) is 0 Å². The van der Waals surface area contributed by atoms with E-state index in [2.05, 4.69) is 16.0 Å². The van der Waals surface area contributed by atoms with Crippen LogP contribution in [-0.2, 0) is 4.79 Å². The number of benzene rings is 1. The van der Waals surface area contributed by atoms with Crippen LogP contribution in [-0.4, -0.2) is 97.4 Å². The lowest BCUT2D eigenvalue weighted by Crippen LogP contribution is -2.47. The van der Waals surface area contributed by atoms with Gasteiger partial charge in [0, 0.05) is 3.57 Å². The van der Waals surface area contributed by atoms with Crippen LogP contribution in [0.1, 0.15) is 27.6 Å². The number of anilines is 1. The van der Waals surface area contributed by atoms with Crippen molar-refractivity contribution in [2.45, 2.75) is 37.7 Å². The third-order valence-electron chi connectivity index (χ3n) is 4.14. The highest BCUT2D eigenvalue weighted by molar-refractivity contribution is 14.1. The van der Waals surface area contributed by atoms with E-state index in [-0.39, 0.29) is 27.5 Å². The zero-order chi connectivity index (χ0) is 25.6. The predicted molar refractivity (Wildman–Crippen MR) is 138 cm³/mol. The Hall–Kier alpha value is -0.460. The number of hydrogen-bond acceptors (Lipinski definition) is 10. The molecule has 0 aliphatic rings. The van der Waals surface area contributed by atoms with Gasteiger partial charge in [-0.3, -0.25) is 14.4 Å². The van der Waals surface area contributed by atoms with Gasteiger partial charge in [0.1, 0.15) is 18.2 Å². The van der Waals surface area contributed by atoms with Gasteiger partial charge in [-0.1, -0.05) is 0 Å². The molecule has 3 atom stereocenters. The molecule has 0 bridgehead atoms. The van der Waals surface area contributed by atoms with Crippen LogP contribution in [0.2, 0.25) is 0 Å². The molecule has 0 aliphatic heterocycles. The fourth-order valence-corrected chi connectivity index (χ4v) is 6.73. The van der Waals surface area contributed by atoms with Crippen molar-refractivity contribution in [3.8, 4) is 0 Å². The van der Waals surface area contributed by atoms with E-state index in [1.807, 2.05) is 0 Å². The molecular formula is C17H22I3N3O10. The molecule has 10 N–H and O–H groups in total. The van der Waals surface area contributed by atoms with Crippen molar-refractivity contribution in [2.24, 2.45) is 0 Å². The van der Waals surface area contributed by atoms with Gasteiger partial charge in [0.2, 0.25) is 0 Å². The van der Waals surface area contributed by atoms with Crippen LogP contribution < -0.4 is 16.0 Å². The van der Waals surface area contributed by atoms with Crippen LogP contribution in [0.5, 0.6) is 0 Å². The number of nitrogens with one attached hydrogen (secondary N) is 3. The number of halogens is 3. The molecule has 0 spiro atoms. The quantitative estimate of drug-likeness (QED) is 0.0893. The molecule has 13 nitrogen and oxygen atoms in total. The maximum absolute atomic E-state index is 12.9. The van der Waals surface area contributed by atoms with E-state index in [1.165, 1.54) is 6.92 Å². The van der Waals surface area contributed by atoms with Gasteiger partial charge in [0.15, 0.2) is 12.6 Å². The highest BCUT2D eigenvalue weighted by Crippen LogP contribution is 2.36. The minimum absolute atomic E-state index is 0.0204. The van der Waals surface area contributed by atoms with Crippen LogP contribution in [0.3, 0.4) is 0 Å². The van der Waals surface area contributed by atoms with Crippen molar-refractivity contribution in [3.63, 3.8) is 0 Å². The van der Waals surface area contributed by atoms with Crippen LogP contribution in [0, 0.1) is 10.7 Å². The molecule has 0 heterocycles. The monoisotopic (exact) mass is 809 g/mol. The summed E-state index contributed by atoms with van der Waals surface area (Å²) in [6, 6.07) is -2.92. The lowest BCUT2D eigenvalue weighted by atomic mass is 10.1. The molecule has 0 radical (unpaired) electrons. The lowest BCUT2D eigenvalue weighted by molar-refractivity contribution is -0.123. The van der Waals surface area contributed by atoms with Crippen LogP contribution in [0.15, 0.2) is 0 Å². The SMILES string of the molecule is CC(O)C(=O)Nc1c(I)c(C(=O)NC(CO)C(O)O)c(I)c(C(=O)NC(CO)C(O)O)c1I. The average molecular weight is 809 g/mol. The normalized spacial score (nSPS) is 14.1. The third-order valence-corrected chi connectivity index (χ3v) is 7.38. The fourth-order valence-electron chi connectivity index (χ4n) is 2.31. The van der Waals surface area contributed by atoms with Crippen LogP contribution in [0.25, 0.3) is 0 Å². The molecule has 0 aliphatic carbocycles. The molecule has 1 rings (SSSR count). The Kier molecular flexibility index (Phi) is 12.6. The first-order valence-corrected chi connectivity index (χ1v) is 12.3. The van der Waals surface area contributed by atoms with Crippen molar-refractivity contribution in [1.29, 1.82) is 0 Å². The second kappa shape index (κ2) is 13.6. The number of carbonyl (C=O) groups is 3. The summed E-state index contributed by atoms with van der Waals surface area (Å²) in [6.07, 6.45) is -5.62. The summed E-state index contributed by atoms with van der Waals surface area (Å²) in [4.78, 5) is 38.0. The number of aliphatic hydroxyl groups is 7. The fraction of sp³-hybridized carbons (Fsp3) is 0.471. The summed E-state index contributed by atoms with van der Waals surface area (Å²) in [7, 11) is 0. The minimum Gasteiger partial charge on any atom is -0.394 e. The highest BCUT2D eigenvalue weighted by Gasteiger charge is 2.32. The summed E-state index contributed by atoms with van der Waals surface area (Å²) in [5.74, 6) is -2.69. The predicted octanol–water partition coefficient (Wildman–Crippen LogP) is -2.38. The smallest absolute Gasteiger partial charge is 0.254 e. The Labute approximate surface area is 228 Å². The molecule has 16 heteroatoms. The van der Waals surface area contributed by atoms with E-state index >= 15 is 0 Å². The average Bonchev–Trinajstić information content (AvgIpc) is 2.72. The lowest BCUT2D eigenvalue weighted by Gasteiger charge is -2.24. The van der Waals surface area contributed by atoms with E-state index in [9.17, 15) is 50.1 Å². The van der Waals surface area contributed by atoms with Gasteiger partial charge in [-0.25, -0.2) is 0 Å². The maximum Gasteiger partial charge on any atom is 0.254 e. The number of hydrogen-bond donors (Lipinski definition) is 10. The molecular weight excluding hydrogens is 787 g/mol. The first kappa shape index (κ1) is 30.6. The topological polar surface area (TPSA) is 229 Å². The Morgan fingerprint density at radius 3 is 1.39 bits per heavy atom.